The van der Waals surface area contributed by atoms with Crippen molar-refractivity contribution in [2.45, 2.75) is 18.5 Å². The van der Waals surface area contributed by atoms with Crippen molar-refractivity contribution >= 4 is 62.1 Å². The van der Waals surface area contributed by atoms with Crippen molar-refractivity contribution in [3.63, 3.8) is 0 Å². The molecule has 0 saturated carbocycles. The fourth-order valence-electron chi connectivity index (χ4n) is 2.19. The van der Waals surface area contributed by atoms with Crippen molar-refractivity contribution in [3.8, 4) is 0 Å². The second-order valence-corrected chi connectivity index (χ2v) is 7.48. The number of ether oxygens (including phenoxy) is 1. The third kappa shape index (κ3) is 5.62. The molecule has 0 bridgehead atoms. The molecule has 1 aromatic rings. The number of carbonyl (C=O) groups is 4. The van der Waals surface area contributed by atoms with Gasteiger partial charge in [0.15, 0.2) is 21.5 Å². The van der Waals surface area contributed by atoms with Gasteiger partial charge in [0.2, 0.25) is 11.8 Å². The summed E-state index contributed by atoms with van der Waals surface area (Å²) in [5, 5.41) is 6.23. The monoisotopic (exact) mass is 462 g/mol. The number of alkyl halides is 1. The first-order chi connectivity index (χ1) is 12.6. The van der Waals surface area contributed by atoms with Crippen LogP contribution in [0.15, 0.2) is 5.38 Å². The summed E-state index contributed by atoms with van der Waals surface area (Å²) in [4.78, 5) is 50.7. The Bertz CT molecular complexity index is 892. The van der Waals surface area contributed by atoms with Crippen LogP contribution in [0.5, 0.6) is 0 Å². The number of methoxy groups -OCH3 is 1. The van der Waals surface area contributed by atoms with E-state index >= 15 is 0 Å². The average molecular weight is 463 g/mol. The van der Waals surface area contributed by atoms with E-state index in [2.05, 4.69) is 20.4 Å². The molecule has 2 atom stereocenters. The van der Waals surface area contributed by atoms with Crippen LogP contribution in [0.2, 0.25) is 0 Å². The molecular formula is C12H12ClN4NaO8S2. The summed E-state index contributed by atoms with van der Waals surface area (Å²) in [6.45, 7) is 0. The number of β-lactam (4-membered cyclic amide) rings is 1. The van der Waals surface area contributed by atoms with Gasteiger partial charge in [0.1, 0.15) is 11.9 Å². The van der Waals surface area contributed by atoms with E-state index in [1.54, 1.807) is 0 Å². The molecule has 1 aliphatic rings. The van der Waals surface area contributed by atoms with Crippen molar-refractivity contribution in [1.82, 2.24) is 14.6 Å². The number of thiazole rings is 1. The van der Waals surface area contributed by atoms with Crippen LogP contribution in [0.4, 0.5) is 5.13 Å². The van der Waals surface area contributed by atoms with Gasteiger partial charge in [0.05, 0.1) is 19.2 Å². The zero-order chi connectivity index (χ0) is 20.4. The number of amides is 3. The van der Waals surface area contributed by atoms with Gasteiger partial charge in [0.25, 0.3) is 5.91 Å². The maximum Gasteiger partial charge on any atom is 1.00 e. The van der Waals surface area contributed by atoms with Crippen molar-refractivity contribution in [3.05, 3.63) is 11.1 Å². The van der Waals surface area contributed by atoms with E-state index < -0.39 is 46.1 Å². The predicted octanol–water partition coefficient (Wildman–Crippen LogP) is -4.80. The van der Waals surface area contributed by atoms with Gasteiger partial charge in [-0.3, -0.25) is 14.4 Å². The number of halogens is 1. The molecule has 148 valence electrons. The fourth-order valence-corrected chi connectivity index (χ4v) is 3.81. The van der Waals surface area contributed by atoms with Gasteiger partial charge in [-0.25, -0.2) is 22.5 Å². The Hall–Kier alpha value is -1.29. The molecule has 0 radical (unpaired) electrons. The first-order valence-electron chi connectivity index (χ1n) is 7.05. The Morgan fingerprint density at radius 3 is 2.57 bits per heavy atom. The van der Waals surface area contributed by atoms with Crippen LogP contribution in [0.25, 0.3) is 0 Å². The van der Waals surface area contributed by atoms with Crippen molar-refractivity contribution < 1.29 is 66.4 Å². The molecule has 12 nitrogen and oxygen atoms in total. The predicted molar refractivity (Wildman–Crippen MR) is 89.4 cm³/mol. The smallest absolute Gasteiger partial charge is 0.731 e. The second-order valence-electron chi connectivity index (χ2n) is 5.11. The van der Waals surface area contributed by atoms with E-state index in [1.807, 2.05) is 0 Å². The molecule has 1 aromatic heterocycles. The van der Waals surface area contributed by atoms with Crippen molar-refractivity contribution in [2.24, 2.45) is 0 Å². The zero-order valence-corrected chi connectivity index (χ0v) is 18.9. The molecule has 1 aliphatic heterocycles. The SMILES string of the molecule is COC(=O)C1C(NC(=O)Cc2csc(NC(=O)CCl)n2)C(=O)N1S(=O)(=O)[O-].[Na+]. The van der Waals surface area contributed by atoms with Gasteiger partial charge in [0, 0.05) is 5.38 Å². The molecule has 2 heterocycles. The summed E-state index contributed by atoms with van der Waals surface area (Å²) >= 11 is 6.38. The van der Waals surface area contributed by atoms with E-state index in [1.165, 1.54) is 5.38 Å². The minimum atomic E-state index is -5.24. The van der Waals surface area contributed by atoms with E-state index in [9.17, 15) is 32.1 Å². The number of anilines is 1. The Morgan fingerprint density at radius 2 is 2.04 bits per heavy atom. The Labute approximate surface area is 190 Å². The number of hydrogen-bond acceptors (Lipinski definition) is 10. The van der Waals surface area contributed by atoms with E-state index in [-0.39, 0.29) is 57.0 Å². The van der Waals surface area contributed by atoms with Crippen LogP contribution in [-0.4, -0.2) is 71.0 Å². The summed E-state index contributed by atoms with van der Waals surface area (Å²) in [6.07, 6.45) is -0.324. The normalized spacial score (nSPS) is 18.5. The van der Waals surface area contributed by atoms with E-state index in [0.29, 0.717) is 0 Å². The number of carbonyl (C=O) groups excluding carboxylic acids is 4. The standard InChI is InChI=1S/C12H13ClN4O8S2.Na/c1-25-11(21)9-8(10(20)17(9)27(22,23)24)15-6(18)2-5-4-26-12(14-5)16-7(19)3-13;/h4,8-9H,2-3H2,1H3,(H,15,18)(H,14,16,19)(H,22,23,24);/q;+1/p-1. The average Bonchev–Trinajstić information content (AvgIpc) is 3.01. The molecular weight excluding hydrogens is 451 g/mol. The number of hydrogen-bond donors (Lipinski definition) is 2. The van der Waals surface area contributed by atoms with Crippen LogP contribution < -0.4 is 40.2 Å². The summed E-state index contributed by atoms with van der Waals surface area (Å²) in [5.74, 6) is -3.93. The molecule has 1 saturated heterocycles. The van der Waals surface area contributed by atoms with Crippen molar-refractivity contribution in [1.29, 1.82) is 0 Å². The number of rotatable bonds is 7. The Morgan fingerprint density at radius 1 is 1.39 bits per heavy atom. The van der Waals surface area contributed by atoms with Crippen molar-refractivity contribution in [2.75, 3.05) is 18.3 Å². The van der Waals surface area contributed by atoms with Crippen LogP contribution >= 0.6 is 22.9 Å². The van der Waals surface area contributed by atoms with Crippen LogP contribution in [-0.2, 0) is 40.6 Å². The fraction of sp³-hybridized carbons (Fsp3) is 0.417. The largest absolute Gasteiger partial charge is 1.00 e. The Balaban J connectivity index is 0.00000392. The number of aromatic nitrogens is 1. The molecule has 2 N–H and O–H groups in total. The summed E-state index contributed by atoms with van der Waals surface area (Å²) < 4.78 is 37.4. The molecule has 2 rings (SSSR count). The van der Waals surface area contributed by atoms with Gasteiger partial charge >= 0.3 is 35.5 Å². The molecule has 0 spiro atoms. The molecule has 28 heavy (non-hydrogen) atoms. The van der Waals surface area contributed by atoms with E-state index in [0.717, 1.165) is 18.4 Å². The van der Waals surface area contributed by atoms with Crippen LogP contribution in [0, 0.1) is 0 Å². The van der Waals surface area contributed by atoms with Gasteiger partial charge in [-0.05, 0) is 0 Å². The first kappa shape index (κ1) is 24.7. The molecule has 3 amide bonds. The molecule has 0 aromatic carbocycles. The van der Waals surface area contributed by atoms with Gasteiger partial charge < -0.3 is 19.9 Å². The van der Waals surface area contributed by atoms with Crippen LogP contribution in [0.3, 0.4) is 0 Å². The number of nitrogens with one attached hydrogen (secondary N) is 2. The minimum Gasteiger partial charge on any atom is -0.731 e. The summed E-state index contributed by atoms with van der Waals surface area (Å²) in [5.41, 5.74) is 0.247. The maximum absolute atomic E-state index is 12.1. The first-order valence-corrected chi connectivity index (χ1v) is 9.83. The third-order valence-electron chi connectivity index (χ3n) is 3.31. The maximum atomic E-state index is 12.1. The molecule has 0 aliphatic carbocycles. The van der Waals surface area contributed by atoms with Gasteiger partial charge in [-0.2, -0.15) is 0 Å². The van der Waals surface area contributed by atoms with Crippen LogP contribution in [0.1, 0.15) is 5.69 Å². The second kappa shape index (κ2) is 9.96. The summed E-state index contributed by atoms with van der Waals surface area (Å²) in [7, 11) is -4.30. The topological polar surface area (TPSA) is 175 Å². The zero-order valence-electron chi connectivity index (χ0n) is 14.5. The van der Waals surface area contributed by atoms with E-state index in [4.69, 9.17) is 11.6 Å². The minimum absolute atomic E-state index is 0. The molecule has 1 fully saturated rings. The third-order valence-corrected chi connectivity index (χ3v) is 5.25. The molecule has 16 heteroatoms. The number of nitrogens with zero attached hydrogens (tertiary/aromatic N) is 2. The molecule has 2 unspecified atom stereocenters. The number of esters is 1. The van der Waals surface area contributed by atoms with Gasteiger partial charge in [-0.15, -0.1) is 22.9 Å². The Kier molecular flexibility index (Phi) is 8.80. The summed E-state index contributed by atoms with van der Waals surface area (Å²) in [6, 6.07) is -3.33. The van der Waals surface area contributed by atoms with Gasteiger partial charge in [-0.1, -0.05) is 0 Å². The quantitative estimate of drug-likeness (QED) is 0.132.